The van der Waals surface area contributed by atoms with Gasteiger partial charge in [0.2, 0.25) is 0 Å². The van der Waals surface area contributed by atoms with Crippen molar-refractivity contribution in [2.75, 3.05) is 26.2 Å². The summed E-state index contributed by atoms with van der Waals surface area (Å²) in [6.07, 6.45) is 8.65. The van der Waals surface area contributed by atoms with E-state index in [2.05, 4.69) is 9.80 Å². The van der Waals surface area contributed by atoms with Gasteiger partial charge in [0.1, 0.15) is 0 Å². The Balaban J connectivity index is 0.000000143. The van der Waals surface area contributed by atoms with Crippen molar-refractivity contribution in [2.24, 2.45) is 11.8 Å². The predicted octanol–water partition coefficient (Wildman–Crippen LogP) is 1.82. The molecule has 2 aromatic rings. The molecule has 0 amide bonds. The number of rotatable bonds is 4. The Bertz CT molecular complexity index is 1750. The molecule has 12 nitrogen and oxygen atoms in total. The number of piperidine rings is 2. The monoisotopic (exact) mass is 754 g/mol. The van der Waals surface area contributed by atoms with E-state index < -0.39 is 34.2 Å². The number of hydrogen-bond acceptors (Lipinski definition) is 10. The molecule has 0 unspecified atom stereocenters. The van der Waals surface area contributed by atoms with Crippen LogP contribution in [-0.4, -0.2) is 114 Å². The number of carbonyl (C=O) groups is 2. The smallest absolute Gasteiger partial charge is 0.174 e. The van der Waals surface area contributed by atoms with E-state index in [4.69, 9.17) is 9.47 Å². The van der Waals surface area contributed by atoms with Gasteiger partial charge in [0, 0.05) is 49.1 Å². The number of carbonyl (C=O) groups excluding carboxylic acids is 2. The first-order chi connectivity index (χ1) is 24.1. The van der Waals surface area contributed by atoms with Crippen molar-refractivity contribution in [2.45, 2.75) is 123 Å². The Morgan fingerprint density at radius 2 is 1.04 bits per heavy atom. The molecule has 10 aliphatic rings. The summed E-state index contributed by atoms with van der Waals surface area (Å²) in [6, 6.07) is 7.38. The lowest BCUT2D eigenvalue weighted by molar-refractivity contribution is -0.188. The first-order valence-corrected chi connectivity index (χ1v) is 19.1. The van der Waals surface area contributed by atoms with Crippen LogP contribution in [0.4, 0.5) is 0 Å². The summed E-state index contributed by atoms with van der Waals surface area (Å²) in [4.78, 5) is 30.4. The standard InChI is InChI=1S/2C20H23NO4.ClH.2H2O/c2*22-13-4-3-12-9-15-20(24)6-5-14(23)18-19(20,16(12)17(13)25-18)7-8-21(15)10-11-1-2-11;;;/h2*3-4,11,15,18,22,24H,1-2,5-10H2;1H;2*1H2/t2*15-,18+,19+,20-;;;/m11.../s1. The first-order valence-electron chi connectivity index (χ1n) is 19.1. The summed E-state index contributed by atoms with van der Waals surface area (Å²) in [6.45, 7) is 3.90. The third-order valence-corrected chi connectivity index (χ3v) is 15.1. The summed E-state index contributed by atoms with van der Waals surface area (Å²) in [5, 5.41) is 44.6. The van der Waals surface area contributed by atoms with Crippen LogP contribution < -0.4 is 9.47 Å². The van der Waals surface area contributed by atoms with Gasteiger partial charge in [-0.25, -0.2) is 0 Å². The van der Waals surface area contributed by atoms with Crippen molar-refractivity contribution in [3.63, 3.8) is 0 Å². The summed E-state index contributed by atoms with van der Waals surface area (Å²) in [7, 11) is 0. The molecule has 6 fully saturated rings. The number of benzene rings is 2. The van der Waals surface area contributed by atoms with Crippen molar-refractivity contribution in [3.05, 3.63) is 46.5 Å². The molecule has 4 aliphatic heterocycles. The zero-order chi connectivity index (χ0) is 33.9. The molecular weight excluding hydrogens is 704 g/mol. The summed E-state index contributed by atoms with van der Waals surface area (Å²) in [5.41, 5.74) is 0.907. The maximum atomic E-state index is 12.7. The molecule has 12 rings (SSSR count). The second-order valence-corrected chi connectivity index (χ2v) is 17.4. The quantitative estimate of drug-likeness (QED) is 0.357. The average molecular weight is 755 g/mol. The minimum absolute atomic E-state index is 0. The number of ether oxygens (including phenoxy) is 2. The molecule has 4 bridgehead atoms. The fourth-order valence-corrected chi connectivity index (χ4v) is 12.5. The molecule has 288 valence electrons. The van der Waals surface area contributed by atoms with Crippen LogP contribution in [0, 0.1) is 11.8 Å². The Morgan fingerprint density at radius 3 is 1.42 bits per heavy atom. The van der Waals surface area contributed by atoms with Crippen LogP contribution in [0.1, 0.15) is 86.5 Å². The predicted molar refractivity (Wildman–Crippen MR) is 194 cm³/mol. The van der Waals surface area contributed by atoms with Crippen molar-refractivity contribution in [1.82, 2.24) is 9.80 Å². The molecule has 8 atom stereocenters. The number of ketones is 2. The number of phenolic OH excluding ortho intramolecular Hbond substituents is 2. The molecule has 0 radical (unpaired) electrons. The van der Waals surface area contributed by atoms with Crippen LogP contribution in [0.15, 0.2) is 24.3 Å². The summed E-state index contributed by atoms with van der Waals surface area (Å²) < 4.78 is 12.1. The number of hydrogen-bond donors (Lipinski definition) is 4. The van der Waals surface area contributed by atoms with E-state index in [-0.39, 0.29) is 58.5 Å². The van der Waals surface area contributed by atoms with E-state index in [1.54, 1.807) is 12.1 Å². The lowest BCUT2D eigenvalue weighted by atomic mass is 9.49. The molecule has 6 aliphatic carbocycles. The van der Waals surface area contributed by atoms with Crippen LogP contribution in [0.25, 0.3) is 0 Å². The van der Waals surface area contributed by atoms with Crippen molar-refractivity contribution >= 4 is 24.0 Å². The van der Waals surface area contributed by atoms with Gasteiger partial charge in [-0.3, -0.25) is 19.4 Å². The van der Waals surface area contributed by atoms with E-state index in [0.717, 1.165) is 86.0 Å². The van der Waals surface area contributed by atoms with Crippen LogP contribution in [0.2, 0.25) is 0 Å². The molecule has 2 spiro atoms. The van der Waals surface area contributed by atoms with Gasteiger partial charge in [-0.2, -0.15) is 0 Å². The van der Waals surface area contributed by atoms with Gasteiger partial charge >= 0.3 is 0 Å². The first kappa shape index (κ1) is 37.0. The topological polar surface area (TPSA) is 203 Å². The molecule has 13 heteroatoms. The zero-order valence-electron chi connectivity index (χ0n) is 29.8. The Kier molecular flexibility index (Phi) is 8.38. The van der Waals surface area contributed by atoms with Crippen molar-refractivity contribution in [3.8, 4) is 23.0 Å². The molecule has 4 heterocycles. The second kappa shape index (κ2) is 12.0. The average Bonchev–Trinajstić information content (AvgIpc) is 4.02. The van der Waals surface area contributed by atoms with Gasteiger partial charge < -0.3 is 40.9 Å². The second-order valence-electron chi connectivity index (χ2n) is 17.4. The van der Waals surface area contributed by atoms with E-state index >= 15 is 0 Å². The van der Waals surface area contributed by atoms with Gasteiger partial charge in [-0.05, 0) is 112 Å². The van der Waals surface area contributed by atoms with Crippen LogP contribution in [0.5, 0.6) is 23.0 Å². The molecule has 2 aromatic carbocycles. The number of halogens is 1. The van der Waals surface area contributed by atoms with Crippen LogP contribution in [-0.2, 0) is 33.3 Å². The lowest BCUT2D eigenvalue weighted by Crippen LogP contribution is -2.76. The zero-order valence-corrected chi connectivity index (χ0v) is 30.6. The maximum absolute atomic E-state index is 12.7. The number of nitrogens with zero attached hydrogens (tertiary/aromatic N) is 2. The number of likely N-dealkylation sites (tertiary alicyclic amines) is 2. The van der Waals surface area contributed by atoms with Gasteiger partial charge in [0.25, 0.3) is 0 Å². The van der Waals surface area contributed by atoms with E-state index in [1.165, 1.54) is 25.7 Å². The number of phenols is 2. The van der Waals surface area contributed by atoms with E-state index in [9.17, 15) is 30.0 Å². The number of aromatic hydroxyl groups is 2. The van der Waals surface area contributed by atoms with Gasteiger partial charge in [-0.15, -0.1) is 12.4 Å². The van der Waals surface area contributed by atoms with E-state index in [0.29, 0.717) is 37.2 Å². The third-order valence-electron chi connectivity index (χ3n) is 15.1. The van der Waals surface area contributed by atoms with E-state index in [1.807, 2.05) is 12.1 Å². The molecule has 4 saturated carbocycles. The molecular formula is C40H51ClN2O10. The van der Waals surface area contributed by atoms with Gasteiger partial charge in [-0.1, -0.05) is 12.1 Å². The summed E-state index contributed by atoms with van der Waals surface area (Å²) >= 11 is 0. The highest BCUT2D eigenvalue weighted by atomic mass is 35.5. The highest BCUT2D eigenvalue weighted by molar-refractivity contribution is 5.91. The largest absolute Gasteiger partial charge is 0.504 e. The van der Waals surface area contributed by atoms with Crippen LogP contribution >= 0.6 is 12.4 Å². The normalized spacial score (nSPS) is 39.1. The fourth-order valence-electron chi connectivity index (χ4n) is 12.5. The molecule has 53 heavy (non-hydrogen) atoms. The maximum Gasteiger partial charge on any atom is 0.174 e. The fraction of sp³-hybridized carbons (Fsp3) is 0.650. The van der Waals surface area contributed by atoms with Gasteiger partial charge in [0.15, 0.2) is 46.8 Å². The van der Waals surface area contributed by atoms with Crippen molar-refractivity contribution < 1.29 is 50.4 Å². The van der Waals surface area contributed by atoms with Crippen LogP contribution in [0.3, 0.4) is 0 Å². The molecule has 2 saturated heterocycles. The number of aliphatic hydroxyl groups is 2. The molecule has 8 N–H and O–H groups in total. The Hall–Kier alpha value is -2.97. The highest BCUT2D eigenvalue weighted by Gasteiger charge is 2.74. The highest BCUT2D eigenvalue weighted by Crippen LogP contribution is 2.66. The third kappa shape index (κ3) is 4.51. The molecule has 0 aromatic heterocycles. The number of Topliss-reactive ketones (excluding diaryl/α,β-unsaturated/α-hetero) is 2. The van der Waals surface area contributed by atoms with Gasteiger partial charge in [0.05, 0.1) is 22.0 Å². The minimum atomic E-state index is -0.940. The Morgan fingerprint density at radius 1 is 0.642 bits per heavy atom. The Labute approximate surface area is 314 Å². The van der Waals surface area contributed by atoms with Crippen molar-refractivity contribution in [1.29, 1.82) is 0 Å². The lowest BCUT2D eigenvalue weighted by Gasteiger charge is -2.62. The SMILES string of the molecule is Cl.O.O.O=C1CC[C@@]2(O)[C@H]3Cc4ccc(O)c5c4[C@@]2(CCN3CC2CC2)[C@H]1O5.O=C1CC[C@@]2(O)[C@H]3Cc4ccc(O)c5c4[C@@]2(CCN3CC2CC2)[C@H]1O5. The summed E-state index contributed by atoms with van der Waals surface area (Å²) in [5.74, 6) is 2.78. The minimum Gasteiger partial charge on any atom is -0.504 e.